The van der Waals surface area contributed by atoms with Crippen LogP contribution in [0.4, 0.5) is 5.69 Å². The van der Waals surface area contributed by atoms with Crippen LogP contribution in [0, 0.1) is 5.92 Å². The number of benzene rings is 1. The van der Waals surface area contributed by atoms with E-state index in [0.29, 0.717) is 30.3 Å². The summed E-state index contributed by atoms with van der Waals surface area (Å²) >= 11 is 0. The van der Waals surface area contributed by atoms with Gasteiger partial charge in [-0.15, -0.1) is 24.8 Å². The number of rotatable bonds is 8. The van der Waals surface area contributed by atoms with E-state index in [1.54, 1.807) is 37.7 Å². The topological polar surface area (TPSA) is 72.5 Å². The first-order valence-corrected chi connectivity index (χ1v) is 7.79. The standard InChI is InChI=1S/C18H23N3O3.2ClH/c1-13(11-19-2)18(22)21-15-4-5-16(23-3)17(10-15)24-12-14-6-8-20-9-7-14;;/h4-10,13,19H,11-12H2,1-3H3,(H,21,22);2*1H. The van der Waals surface area contributed by atoms with E-state index in [1.165, 1.54) is 0 Å². The molecule has 1 unspecified atom stereocenters. The van der Waals surface area contributed by atoms with Crippen molar-refractivity contribution < 1.29 is 14.3 Å². The van der Waals surface area contributed by atoms with Gasteiger partial charge in [0.15, 0.2) is 11.5 Å². The molecule has 26 heavy (non-hydrogen) atoms. The van der Waals surface area contributed by atoms with Crippen LogP contribution in [0.5, 0.6) is 11.5 Å². The van der Waals surface area contributed by atoms with Crippen molar-refractivity contribution in [1.29, 1.82) is 0 Å². The minimum Gasteiger partial charge on any atom is -0.493 e. The lowest BCUT2D eigenvalue weighted by atomic mass is 10.1. The first kappa shape index (κ1) is 24.0. The minimum atomic E-state index is -0.127. The van der Waals surface area contributed by atoms with E-state index >= 15 is 0 Å². The third-order valence-electron chi connectivity index (χ3n) is 3.53. The van der Waals surface area contributed by atoms with Crippen LogP contribution in [0.25, 0.3) is 0 Å². The molecule has 0 aliphatic rings. The van der Waals surface area contributed by atoms with Crippen molar-refractivity contribution in [3.05, 3.63) is 48.3 Å². The van der Waals surface area contributed by atoms with Gasteiger partial charge in [0.1, 0.15) is 6.61 Å². The fraction of sp³-hybridized carbons (Fsp3) is 0.333. The van der Waals surface area contributed by atoms with E-state index in [2.05, 4.69) is 15.6 Å². The number of carbonyl (C=O) groups excluding carboxylic acids is 1. The van der Waals surface area contributed by atoms with E-state index < -0.39 is 0 Å². The lowest BCUT2D eigenvalue weighted by molar-refractivity contribution is -0.119. The Labute approximate surface area is 166 Å². The van der Waals surface area contributed by atoms with Crippen molar-refractivity contribution in [1.82, 2.24) is 10.3 Å². The molecule has 1 aromatic carbocycles. The minimum absolute atomic E-state index is 0. The van der Waals surface area contributed by atoms with Crippen LogP contribution < -0.4 is 20.1 Å². The Hall–Kier alpha value is -2.02. The van der Waals surface area contributed by atoms with Crippen LogP contribution in [0.1, 0.15) is 12.5 Å². The number of nitrogens with one attached hydrogen (secondary N) is 2. The first-order chi connectivity index (χ1) is 11.6. The summed E-state index contributed by atoms with van der Waals surface area (Å²) in [7, 11) is 3.41. The Bertz CT molecular complexity index is 672. The predicted molar refractivity (Wildman–Crippen MR) is 108 cm³/mol. The molecule has 1 atom stereocenters. The van der Waals surface area contributed by atoms with Gasteiger partial charge < -0.3 is 20.1 Å². The summed E-state index contributed by atoms with van der Waals surface area (Å²) in [6, 6.07) is 9.11. The molecular weight excluding hydrogens is 377 g/mol. The second-order valence-electron chi connectivity index (χ2n) is 5.46. The zero-order valence-corrected chi connectivity index (χ0v) is 16.7. The molecule has 0 bridgehead atoms. The highest BCUT2D eigenvalue weighted by atomic mass is 35.5. The van der Waals surface area contributed by atoms with E-state index in [-0.39, 0.29) is 36.6 Å². The van der Waals surface area contributed by atoms with Crippen molar-refractivity contribution in [2.24, 2.45) is 5.92 Å². The van der Waals surface area contributed by atoms with Gasteiger partial charge in [-0.3, -0.25) is 9.78 Å². The second kappa shape index (κ2) is 12.4. The lowest BCUT2D eigenvalue weighted by Crippen LogP contribution is -2.28. The molecule has 0 radical (unpaired) electrons. The van der Waals surface area contributed by atoms with Crippen LogP contribution in [0.15, 0.2) is 42.7 Å². The molecule has 6 nitrogen and oxygen atoms in total. The number of hydrogen-bond acceptors (Lipinski definition) is 5. The zero-order chi connectivity index (χ0) is 17.4. The summed E-state index contributed by atoms with van der Waals surface area (Å²) in [5.41, 5.74) is 1.68. The van der Waals surface area contributed by atoms with Crippen LogP contribution >= 0.6 is 24.8 Å². The number of carbonyl (C=O) groups is 1. The summed E-state index contributed by atoms with van der Waals surface area (Å²) in [5, 5.41) is 5.88. The van der Waals surface area contributed by atoms with E-state index in [0.717, 1.165) is 5.56 Å². The van der Waals surface area contributed by atoms with Crippen molar-refractivity contribution >= 4 is 36.4 Å². The van der Waals surface area contributed by atoms with Gasteiger partial charge in [0.05, 0.1) is 7.11 Å². The summed E-state index contributed by atoms with van der Waals surface area (Å²) in [5.74, 6) is 1.02. The van der Waals surface area contributed by atoms with Gasteiger partial charge in [-0.25, -0.2) is 0 Å². The Morgan fingerprint density at radius 1 is 1.15 bits per heavy atom. The maximum absolute atomic E-state index is 12.1. The molecule has 8 heteroatoms. The highest BCUT2D eigenvalue weighted by Crippen LogP contribution is 2.31. The van der Waals surface area contributed by atoms with Crippen molar-refractivity contribution in [2.75, 3.05) is 26.0 Å². The SMILES string of the molecule is CNCC(C)C(=O)Nc1ccc(OC)c(OCc2ccncc2)c1.Cl.Cl. The van der Waals surface area contributed by atoms with Crippen molar-refractivity contribution in [3.8, 4) is 11.5 Å². The van der Waals surface area contributed by atoms with Gasteiger partial charge in [-0.05, 0) is 36.9 Å². The molecule has 2 aromatic rings. The van der Waals surface area contributed by atoms with Crippen molar-refractivity contribution in [2.45, 2.75) is 13.5 Å². The number of pyridine rings is 1. The fourth-order valence-corrected chi connectivity index (χ4v) is 2.17. The predicted octanol–water partition coefficient (Wildman–Crippen LogP) is 3.31. The molecule has 0 aliphatic heterocycles. The molecule has 1 amide bonds. The smallest absolute Gasteiger partial charge is 0.228 e. The number of aromatic nitrogens is 1. The monoisotopic (exact) mass is 401 g/mol. The van der Waals surface area contributed by atoms with E-state index in [1.807, 2.05) is 26.1 Å². The number of methoxy groups -OCH3 is 1. The Balaban J connectivity index is 0.00000312. The van der Waals surface area contributed by atoms with Gasteiger partial charge in [-0.1, -0.05) is 6.92 Å². The molecule has 2 rings (SSSR count). The van der Waals surface area contributed by atoms with E-state index in [4.69, 9.17) is 9.47 Å². The quantitative estimate of drug-likeness (QED) is 0.709. The van der Waals surface area contributed by atoms with Crippen LogP contribution in [0.2, 0.25) is 0 Å². The maximum atomic E-state index is 12.1. The van der Waals surface area contributed by atoms with Gasteiger partial charge in [0.25, 0.3) is 0 Å². The summed E-state index contributed by atoms with van der Waals surface area (Å²) in [6.45, 7) is 2.88. The average Bonchev–Trinajstić information content (AvgIpc) is 2.61. The van der Waals surface area contributed by atoms with Gasteiger partial charge in [0, 0.05) is 36.6 Å². The summed E-state index contributed by atoms with van der Waals surface area (Å²) in [6.07, 6.45) is 3.44. The third kappa shape index (κ3) is 7.07. The number of nitrogens with zero attached hydrogens (tertiary/aromatic N) is 1. The first-order valence-electron chi connectivity index (χ1n) is 7.79. The normalized spacial score (nSPS) is 10.7. The molecule has 1 heterocycles. The van der Waals surface area contributed by atoms with Crippen LogP contribution in [0.3, 0.4) is 0 Å². The summed E-state index contributed by atoms with van der Waals surface area (Å²) in [4.78, 5) is 16.1. The van der Waals surface area contributed by atoms with Crippen LogP contribution in [-0.4, -0.2) is 31.6 Å². The fourth-order valence-electron chi connectivity index (χ4n) is 2.17. The maximum Gasteiger partial charge on any atom is 0.228 e. The largest absolute Gasteiger partial charge is 0.493 e. The molecule has 144 valence electrons. The number of anilines is 1. The molecule has 0 aliphatic carbocycles. The van der Waals surface area contributed by atoms with Gasteiger partial charge in [0.2, 0.25) is 5.91 Å². The van der Waals surface area contributed by atoms with Gasteiger partial charge in [-0.2, -0.15) is 0 Å². The number of amides is 1. The molecule has 0 spiro atoms. The number of hydrogen-bond donors (Lipinski definition) is 2. The lowest BCUT2D eigenvalue weighted by Gasteiger charge is -2.15. The van der Waals surface area contributed by atoms with Crippen molar-refractivity contribution in [3.63, 3.8) is 0 Å². The average molecular weight is 402 g/mol. The van der Waals surface area contributed by atoms with Gasteiger partial charge >= 0.3 is 0 Å². The number of ether oxygens (including phenoxy) is 2. The Kier molecular flexibility index (Phi) is 11.4. The summed E-state index contributed by atoms with van der Waals surface area (Å²) < 4.78 is 11.1. The highest BCUT2D eigenvalue weighted by molar-refractivity contribution is 5.92. The molecule has 1 aromatic heterocycles. The molecule has 0 saturated carbocycles. The highest BCUT2D eigenvalue weighted by Gasteiger charge is 2.13. The van der Waals surface area contributed by atoms with E-state index in [9.17, 15) is 4.79 Å². The Morgan fingerprint density at radius 2 is 1.85 bits per heavy atom. The van der Waals surface area contributed by atoms with Crippen LogP contribution in [-0.2, 0) is 11.4 Å². The molecule has 0 fully saturated rings. The molecular formula is C18H25Cl2N3O3. The Morgan fingerprint density at radius 3 is 2.46 bits per heavy atom. The molecule has 2 N–H and O–H groups in total. The second-order valence-corrected chi connectivity index (χ2v) is 5.46. The zero-order valence-electron chi connectivity index (χ0n) is 15.0. The number of halogens is 2. The third-order valence-corrected chi connectivity index (χ3v) is 3.53. The molecule has 0 saturated heterocycles.